The number of carbonyl (C=O) groups is 1. The lowest BCUT2D eigenvalue weighted by molar-refractivity contribution is -0.0363. The van der Waals surface area contributed by atoms with Crippen LogP contribution in [0, 0.1) is 0 Å². The minimum absolute atomic E-state index is 0.174. The van der Waals surface area contributed by atoms with Gasteiger partial charge in [-0.05, 0) is 52.7 Å². The summed E-state index contributed by atoms with van der Waals surface area (Å²) in [6.07, 6.45) is 3.62. The lowest BCUT2D eigenvalue weighted by atomic mass is 9.87. The highest BCUT2D eigenvalue weighted by molar-refractivity contribution is 5.69. The van der Waals surface area contributed by atoms with Gasteiger partial charge in [0.15, 0.2) is 0 Å². The maximum atomic E-state index is 12.5. The van der Waals surface area contributed by atoms with E-state index in [-0.39, 0.29) is 23.8 Å². The van der Waals surface area contributed by atoms with Crippen molar-refractivity contribution >= 4 is 6.09 Å². The number of para-hydroxylation sites is 1. The Hall–Kier alpha value is -1.71. The molecule has 4 heteroatoms. The second kappa shape index (κ2) is 5.73. The van der Waals surface area contributed by atoms with E-state index < -0.39 is 5.60 Å². The highest BCUT2D eigenvalue weighted by atomic mass is 16.6. The first-order valence-corrected chi connectivity index (χ1v) is 8.51. The molecule has 126 valence electrons. The molecule has 0 radical (unpaired) electrons. The van der Waals surface area contributed by atoms with Crippen molar-refractivity contribution < 1.29 is 14.3 Å². The summed E-state index contributed by atoms with van der Waals surface area (Å²) in [6, 6.07) is 10.4. The fourth-order valence-electron chi connectivity index (χ4n) is 3.91. The van der Waals surface area contributed by atoms with Crippen molar-refractivity contribution in [2.75, 3.05) is 0 Å². The Morgan fingerprint density at radius 1 is 1.13 bits per heavy atom. The summed E-state index contributed by atoms with van der Waals surface area (Å²) < 4.78 is 11.9. The highest BCUT2D eigenvalue weighted by Gasteiger charge is 2.50. The molecule has 2 fully saturated rings. The van der Waals surface area contributed by atoms with Crippen molar-refractivity contribution in [3.63, 3.8) is 0 Å². The third-order valence-corrected chi connectivity index (χ3v) is 4.67. The molecule has 2 heterocycles. The van der Waals surface area contributed by atoms with Gasteiger partial charge in [-0.25, -0.2) is 4.79 Å². The first kappa shape index (κ1) is 16.2. The Balaban J connectivity index is 1.70. The molecule has 1 aromatic carbocycles. The van der Waals surface area contributed by atoms with Crippen LogP contribution >= 0.6 is 0 Å². The van der Waals surface area contributed by atoms with Gasteiger partial charge in [-0.2, -0.15) is 0 Å². The number of piperidine rings is 1. The Labute approximate surface area is 138 Å². The molecule has 2 aliphatic heterocycles. The van der Waals surface area contributed by atoms with Gasteiger partial charge in [0.25, 0.3) is 0 Å². The van der Waals surface area contributed by atoms with E-state index in [1.807, 2.05) is 56.0 Å². The smallest absolute Gasteiger partial charge is 0.410 e. The number of rotatable bonds is 2. The van der Waals surface area contributed by atoms with Crippen LogP contribution in [0.4, 0.5) is 4.79 Å². The molecule has 1 amide bonds. The van der Waals surface area contributed by atoms with E-state index in [1.165, 1.54) is 0 Å². The van der Waals surface area contributed by atoms with Crippen LogP contribution in [-0.4, -0.2) is 34.3 Å². The monoisotopic (exact) mass is 317 g/mol. The summed E-state index contributed by atoms with van der Waals surface area (Å²) >= 11 is 0. The summed E-state index contributed by atoms with van der Waals surface area (Å²) in [4.78, 5) is 14.5. The van der Waals surface area contributed by atoms with Crippen molar-refractivity contribution in [1.82, 2.24) is 4.90 Å². The quantitative estimate of drug-likeness (QED) is 0.812. The molecule has 1 aromatic rings. The summed E-state index contributed by atoms with van der Waals surface area (Å²) in [5, 5.41) is 0. The minimum Gasteiger partial charge on any atom is -0.487 e. The fourth-order valence-corrected chi connectivity index (χ4v) is 3.91. The van der Waals surface area contributed by atoms with E-state index in [2.05, 4.69) is 6.92 Å². The van der Waals surface area contributed by atoms with Crippen LogP contribution in [0.2, 0.25) is 0 Å². The SMILES string of the molecule is CC(C)(C)OC(=O)N1C2CCC1CC(C)(Oc1ccccc1)C2. The molecule has 0 saturated carbocycles. The lowest BCUT2D eigenvalue weighted by Gasteiger charge is -2.44. The molecule has 0 aromatic heterocycles. The predicted octanol–water partition coefficient (Wildman–Crippen LogP) is 4.39. The van der Waals surface area contributed by atoms with Gasteiger partial charge >= 0.3 is 6.09 Å². The van der Waals surface area contributed by atoms with Gasteiger partial charge in [0, 0.05) is 24.9 Å². The molecule has 0 aliphatic carbocycles. The highest BCUT2D eigenvalue weighted by Crippen LogP contribution is 2.43. The zero-order valence-corrected chi connectivity index (χ0v) is 14.5. The molecule has 2 aliphatic rings. The van der Waals surface area contributed by atoms with Crippen LogP contribution in [0.3, 0.4) is 0 Å². The molecule has 4 nitrogen and oxygen atoms in total. The minimum atomic E-state index is -0.447. The molecule has 2 unspecified atom stereocenters. The van der Waals surface area contributed by atoms with Crippen LogP contribution in [0.1, 0.15) is 53.4 Å². The van der Waals surface area contributed by atoms with Crippen molar-refractivity contribution in [3.8, 4) is 5.75 Å². The fraction of sp³-hybridized carbons (Fsp3) is 0.632. The Morgan fingerprint density at radius 3 is 2.22 bits per heavy atom. The van der Waals surface area contributed by atoms with Gasteiger partial charge in [0.2, 0.25) is 0 Å². The number of hydrogen-bond donors (Lipinski definition) is 0. The van der Waals surface area contributed by atoms with Crippen LogP contribution in [0.25, 0.3) is 0 Å². The maximum Gasteiger partial charge on any atom is 0.410 e. The molecule has 23 heavy (non-hydrogen) atoms. The Morgan fingerprint density at radius 2 is 1.70 bits per heavy atom. The van der Waals surface area contributed by atoms with Gasteiger partial charge in [-0.3, -0.25) is 0 Å². The first-order chi connectivity index (χ1) is 10.8. The van der Waals surface area contributed by atoms with E-state index in [9.17, 15) is 4.79 Å². The third kappa shape index (κ3) is 3.62. The normalized spacial score (nSPS) is 30.2. The third-order valence-electron chi connectivity index (χ3n) is 4.67. The molecule has 0 N–H and O–H groups in total. The van der Waals surface area contributed by atoms with Crippen molar-refractivity contribution in [1.29, 1.82) is 0 Å². The number of benzene rings is 1. The van der Waals surface area contributed by atoms with Crippen LogP contribution in [0.15, 0.2) is 30.3 Å². The average Bonchev–Trinajstić information content (AvgIpc) is 2.71. The number of carbonyl (C=O) groups excluding carboxylic acids is 1. The predicted molar refractivity (Wildman–Crippen MR) is 89.6 cm³/mol. The second-order valence-corrected chi connectivity index (χ2v) is 8.05. The number of fused-ring (bicyclic) bond motifs is 2. The second-order valence-electron chi connectivity index (χ2n) is 8.05. The van der Waals surface area contributed by atoms with Gasteiger partial charge < -0.3 is 14.4 Å². The largest absolute Gasteiger partial charge is 0.487 e. The summed E-state index contributed by atoms with van der Waals surface area (Å²) in [5.74, 6) is 0.903. The van der Waals surface area contributed by atoms with Gasteiger partial charge in [0.05, 0.1) is 0 Å². The molecule has 0 spiro atoms. The zero-order valence-electron chi connectivity index (χ0n) is 14.5. The Bertz CT molecular complexity index is 550. The van der Waals surface area contributed by atoms with Gasteiger partial charge in [-0.15, -0.1) is 0 Å². The van der Waals surface area contributed by atoms with Crippen LogP contribution in [0.5, 0.6) is 5.75 Å². The van der Waals surface area contributed by atoms with Gasteiger partial charge in [0.1, 0.15) is 17.0 Å². The molecule has 2 saturated heterocycles. The van der Waals surface area contributed by atoms with E-state index in [4.69, 9.17) is 9.47 Å². The van der Waals surface area contributed by atoms with E-state index >= 15 is 0 Å². The van der Waals surface area contributed by atoms with Crippen LogP contribution < -0.4 is 4.74 Å². The maximum absolute atomic E-state index is 12.5. The molecule has 3 rings (SSSR count). The van der Waals surface area contributed by atoms with E-state index in [0.29, 0.717) is 0 Å². The zero-order chi connectivity index (χ0) is 16.7. The molecule has 2 atom stereocenters. The van der Waals surface area contributed by atoms with E-state index in [0.717, 1.165) is 31.4 Å². The number of amides is 1. The average molecular weight is 317 g/mol. The molecular formula is C19H27NO3. The molecule has 2 bridgehead atoms. The topological polar surface area (TPSA) is 38.8 Å². The number of nitrogens with zero attached hydrogens (tertiary/aromatic N) is 1. The standard InChI is InChI=1S/C19H27NO3/c1-18(2,3)23-17(21)20-14-10-11-15(20)13-19(4,12-14)22-16-8-6-5-7-9-16/h5-9,14-15H,10-13H2,1-4H3. The summed E-state index contributed by atoms with van der Waals surface area (Å²) in [6.45, 7) is 7.91. The summed E-state index contributed by atoms with van der Waals surface area (Å²) in [5.41, 5.74) is -0.663. The van der Waals surface area contributed by atoms with Gasteiger partial charge in [-0.1, -0.05) is 18.2 Å². The van der Waals surface area contributed by atoms with E-state index in [1.54, 1.807) is 0 Å². The van der Waals surface area contributed by atoms with Crippen LogP contribution in [-0.2, 0) is 4.74 Å². The summed E-state index contributed by atoms with van der Waals surface area (Å²) in [7, 11) is 0. The number of hydrogen-bond acceptors (Lipinski definition) is 3. The van der Waals surface area contributed by atoms with Crippen molar-refractivity contribution in [2.24, 2.45) is 0 Å². The molecular weight excluding hydrogens is 290 g/mol. The first-order valence-electron chi connectivity index (χ1n) is 8.51. The van der Waals surface area contributed by atoms with Crippen molar-refractivity contribution in [2.45, 2.75) is 76.7 Å². The number of ether oxygens (including phenoxy) is 2. The Kier molecular flexibility index (Phi) is 4.03. The van der Waals surface area contributed by atoms with Crippen molar-refractivity contribution in [3.05, 3.63) is 30.3 Å². The lowest BCUT2D eigenvalue weighted by Crippen LogP contribution is -2.55.